The molecule has 18 heavy (non-hydrogen) atoms. The zero-order valence-electron chi connectivity index (χ0n) is 11.2. The lowest BCUT2D eigenvalue weighted by Crippen LogP contribution is -3.00. The van der Waals surface area contributed by atoms with Crippen LogP contribution < -0.4 is 24.0 Å². The summed E-state index contributed by atoms with van der Waals surface area (Å²) in [6.07, 6.45) is 1.99. The molecule has 0 bridgehead atoms. The number of halogens is 1. The number of thioether (sulfide) groups is 1. The van der Waals surface area contributed by atoms with Crippen LogP contribution in [0.25, 0.3) is 0 Å². The summed E-state index contributed by atoms with van der Waals surface area (Å²) in [5.41, 5.74) is 0. The average molecular weight is 385 g/mol. The molecule has 0 aliphatic heterocycles. The van der Waals surface area contributed by atoms with Crippen LogP contribution in [0.5, 0.6) is 0 Å². The van der Waals surface area contributed by atoms with E-state index in [2.05, 4.69) is 21.1 Å². The van der Waals surface area contributed by atoms with E-state index in [9.17, 15) is 4.79 Å². The number of esters is 1. The quantitative estimate of drug-likeness (QED) is 0.358. The number of quaternary nitrogens is 1. The molecule has 0 aliphatic carbocycles. The first-order valence-electron chi connectivity index (χ1n) is 5.47. The molecule has 1 rings (SSSR count). The van der Waals surface area contributed by atoms with Gasteiger partial charge in [-0.1, -0.05) is 0 Å². The molecule has 0 unspecified atom stereocenters. The molecule has 0 atom stereocenters. The predicted molar refractivity (Wildman–Crippen MR) is 69.1 cm³/mol. The van der Waals surface area contributed by atoms with Gasteiger partial charge in [0.25, 0.3) is 0 Å². The minimum atomic E-state index is -0.384. The highest BCUT2D eigenvalue weighted by atomic mass is 127. The van der Waals surface area contributed by atoms with Gasteiger partial charge in [0.2, 0.25) is 5.76 Å². The molecule has 1 heterocycles. The molecule has 0 fully saturated rings. The van der Waals surface area contributed by atoms with E-state index in [0.717, 1.165) is 22.5 Å². The minimum absolute atomic E-state index is 0. The summed E-state index contributed by atoms with van der Waals surface area (Å²) in [4.78, 5) is 11.6. The zero-order valence-corrected chi connectivity index (χ0v) is 14.2. The number of carbonyl (C=O) groups is 1. The molecule has 4 nitrogen and oxygen atoms in total. The average Bonchev–Trinajstić information content (AvgIpc) is 2.65. The van der Waals surface area contributed by atoms with E-state index in [0.29, 0.717) is 6.61 Å². The van der Waals surface area contributed by atoms with Crippen molar-refractivity contribution >= 4 is 17.7 Å². The monoisotopic (exact) mass is 385 g/mol. The molecule has 0 radical (unpaired) electrons. The Bertz CT molecular complexity index is 374. The Kier molecular flexibility index (Phi) is 7.97. The summed E-state index contributed by atoms with van der Waals surface area (Å²) in [7, 11) is 6.16. The molecule has 1 aromatic rings. The van der Waals surface area contributed by atoms with Gasteiger partial charge >= 0.3 is 5.97 Å². The first-order chi connectivity index (χ1) is 7.92. The molecule has 0 spiro atoms. The Balaban J connectivity index is 0.00000289. The largest absolute Gasteiger partial charge is 1.00 e. The van der Waals surface area contributed by atoms with Crippen molar-refractivity contribution in [2.75, 3.05) is 40.6 Å². The summed E-state index contributed by atoms with van der Waals surface area (Å²) < 4.78 is 11.3. The maximum absolute atomic E-state index is 11.6. The van der Waals surface area contributed by atoms with Gasteiger partial charge in [-0.2, -0.15) is 11.8 Å². The summed E-state index contributed by atoms with van der Waals surface area (Å²) in [5.74, 6) is 1.48. The van der Waals surface area contributed by atoms with Crippen LogP contribution in [0.4, 0.5) is 0 Å². The van der Waals surface area contributed by atoms with Gasteiger partial charge in [-0.25, -0.2) is 4.79 Å². The van der Waals surface area contributed by atoms with Crippen LogP contribution in [0.2, 0.25) is 0 Å². The molecule has 6 heteroatoms. The second-order valence-electron chi connectivity index (χ2n) is 4.85. The van der Waals surface area contributed by atoms with E-state index < -0.39 is 0 Å². The maximum Gasteiger partial charge on any atom is 0.374 e. The van der Waals surface area contributed by atoms with Crippen LogP contribution in [-0.4, -0.2) is 51.0 Å². The molecule has 0 aliphatic rings. The SMILES string of the molecule is CSCc1ccc(C(=O)OCC[N+](C)(C)C)o1.[I-]. The van der Waals surface area contributed by atoms with E-state index in [4.69, 9.17) is 9.15 Å². The van der Waals surface area contributed by atoms with Gasteiger partial charge < -0.3 is 37.6 Å². The number of hydrogen-bond donors (Lipinski definition) is 0. The Labute approximate surface area is 130 Å². The zero-order chi connectivity index (χ0) is 12.9. The van der Waals surface area contributed by atoms with Crippen molar-refractivity contribution in [2.24, 2.45) is 0 Å². The minimum Gasteiger partial charge on any atom is -1.00 e. The molecule has 0 N–H and O–H groups in total. The Morgan fingerprint density at radius 2 is 2.06 bits per heavy atom. The van der Waals surface area contributed by atoms with Crippen LogP contribution in [0, 0.1) is 0 Å². The van der Waals surface area contributed by atoms with Crippen molar-refractivity contribution in [3.63, 3.8) is 0 Å². The van der Waals surface area contributed by atoms with Gasteiger partial charge in [-0.05, 0) is 18.4 Å². The Hall–Kier alpha value is -0.210. The maximum atomic E-state index is 11.6. The van der Waals surface area contributed by atoms with E-state index >= 15 is 0 Å². The number of furan rings is 1. The molecular formula is C12H20INO3S. The number of nitrogens with zero attached hydrogens (tertiary/aromatic N) is 1. The van der Waals surface area contributed by atoms with Crippen molar-refractivity contribution in [3.05, 3.63) is 23.7 Å². The van der Waals surface area contributed by atoms with Gasteiger partial charge in [0.1, 0.15) is 18.9 Å². The lowest BCUT2D eigenvalue weighted by Gasteiger charge is -2.23. The second-order valence-corrected chi connectivity index (χ2v) is 5.71. The first kappa shape index (κ1) is 17.8. The molecule has 0 saturated carbocycles. The molecular weight excluding hydrogens is 365 g/mol. The van der Waals surface area contributed by atoms with Crippen LogP contribution >= 0.6 is 11.8 Å². The highest BCUT2D eigenvalue weighted by molar-refractivity contribution is 7.97. The van der Waals surface area contributed by atoms with E-state index in [1.165, 1.54) is 0 Å². The summed E-state index contributed by atoms with van der Waals surface area (Å²) in [6.45, 7) is 1.19. The summed E-state index contributed by atoms with van der Waals surface area (Å²) in [5, 5.41) is 0. The topological polar surface area (TPSA) is 39.4 Å². The summed E-state index contributed by atoms with van der Waals surface area (Å²) in [6, 6.07) is 3.48. The van der Waals surface area contributed by atoms with Crippen molar-refractivity contribution in [1.82, 2.24) is 0 Å². The fourth-order valence-electron chi connectivity index (χ4n) is 1.19. The number of hydrogen-bond acceptors (Lipinski definition) is 4. The van der Waals surface area contributed by atoms with E-state index in [-0.39, 0.29) is 35.7 Å². The number of likely N-dealkylation sites (N-methyl/N-ethyl adjacent to an activating group) is 1. The van der Waals surface area contributed by atoms with E-state index in [1.54, 1.807) is 17.8 Å². The number of carbonyl (C=O) groups excluding carboxylic acids is 1. The Morgan fingerprint density at radius 1 is 1.39 bits per heavy atom. The van der Waals surface area contributed by atoms with Crippen molar-refractivity contribution < 1.29 is 42.4 Å². The lowest BCUT2D eigenvalue weighted by atomic mass is 10.4. The molecule has 0 saturated heterocycles. The smallest absolute Gasteiger partial charge is 0.374 e. The Morgan fingerprint density at radius 3 is 2.61 bits per heavy atom. The predicted octanol–water partition coefficient (Wildman–Crippen LogP) is -0.990. The third-order valence-corrected chi connectivity index (χ3v) is 2.72. The van der Waals surface area contributed by atoms with Crippen molar-refractivity contribution in [1.29, 1.82) is 0 Å². The summed E-state index contributed by atoms with van der Waals surface area (Å²) >= 11 is 1.65. The van der Waals surface area contributed by atoms with Crippen LogP contribution in [0.3, 0.4) is 0 Å². The van der Waals surface area contributed by atoms with Crippen LogP contribution in [0.15, 0.2) is 16.5 Å². The second kappa shape index (κ2) is 8.06. The van der Waals surface area contributed by atoms with Crippen LogP contribution in [0.1, 0.15) is 16.3 Å². The fourth-order valence-corrected chi connectivity index (χ4v) is 1.63. The molecule has 104 valence electrons. The lowest BCUT2D eigenvalue weighted by molar-refractivity contribution is -0.870. The van der Waals surface area contributed by atoms with Gasteiger partial charge in [-0.3, -0.25) is 0 Å². The molecule has 0 amide bonds. The van der Waals surface area contributed by atoms with Gasteiger partial charge in [0, 0.05) is 0 Å². The fraction of sp³-hybridized carbons (Fsp3) is 0.583. The highest BCUT2D eigenvalue weighted by Gasteiger charge is 2.14. The van der Waals surface area contributed by atoms with Crippen LogP contribution in [-0.2, 0) is 10.5 Å². The standard InChI is InChI=1S/C12H20NO3S.HI/c1-13(2,3)7-8-15-12(14)11-6-5-10(16-11)9-17-4;/h5-6H,7-9H2,1-4H3;1H/q+1;/p-1. The normalized spacial score (nSPS) is 10.9. The highest BCUT2D eigenvalue weighted by Crippen LogP contribution is 2.14. The molecule has 0 aromatic carbocycles. The molecule has 1 aromatic heterocycles. The van der Waals surface area contributed by atoms with E-state index in [1.807, 2.05) is 12.3 Å². The number of ether oxygens (including phenoxy) is 1. The van der Waals surface area contributed by atoms with Crippen molar-refractivity contribution in [2.45, 2.75) is 5.75 Å². The first-order valence-corrected chi connectivity index (χ1v) is 6.87. The third-order valence-electron chi connectivity index (χ3n) is 2.14. The van der Waals surface area contributed by atoms with Gasteiger partial charge in [0.05, 0.1) is 26.9 Å². The van der Waals surface area contributed by atoms with Crippen molar-refractivity contribution in [3.8, 4) is 0 Å². The van der Waals surface area contributed by atoms with Gasteiger partial charge in [-0.15, -0.1) is 0 Å². The third kappa shape index (κ3) is 6.65. The van der Waals surface area contributed by atoms with Gasteiger partial charge in [0.15, 0.2) is 0 Å². The number of rotatable bonds is 6.